The maximum absolute atomic E-state index is 13.5. The van der Waals surface area contributed by atoms with Gasteiger partial charge in [-0.25, -0.2) is 9.37 Å². The summed E-state index contributed by atoms with van der Waals surface area (Å²) in [6.45, 7) is 2.14. The highest BCUT2D eigenvalue weighted by Gasteiger charge is 2.25. The smallest absolute Gasteiger partial charge is 0.270 e. The predicted octanol–water partition coefficient (Wildman–Crippen LogP) is 6.40. The lowest BCUT2D eigenvalue weighted by Gasteiger charge is -2.25. The third-order valence-electron chi connectivity index (χ3n) is 6.51. The van der Waals surface area contributed by atoms with Crippen LogP contribution in [0.5, 0.6) is 0 Å². The van der Waals surface area contributed by atoms with Crippen molar-refractivity contribution in [3.63, 3.8) is 0 Å². The van der Waals surface area contributed by atoms with E-state index in [2.05, 4.69) is 63.7 Å². The fourth-order valence-corrected chi connectivity index (χ4v) is 5.25. The van der Waals surface area contributed by atoms with Gasteiger partial charge in [0.1, 0.15) is 16.5 Å². The van der Waals surface area contributed by atoms with Crippen molar-refractivity contribution in [3.05, 3.63) is 124 Å². The molecule has 5 rings (SSSR count). The Labute approximate surface area is 215 Å². The Kier molecular flexibility index (Phi) is 7.84. The number of nitrogens with zero attached hydrogens (tertiary/aromatic N) is 2. The second-order valence-corrected chi connectivity index (χ2v) is 10.3. The van der Waals surface area contributed by atoms with E-state index in [1.165, 1.54) is 34.6 Å². The minimum Gasteiger partial charge on any atom is -0.348 e. The average Bonchev–Trinajstić information content (AvgIpc) is 3.60. The van der Waals surface area contributed by atoms with Crippen molar-refractivity contribution in [3.8, 4) is 0 Å². The standard InChI is InChI=1S/C30H30FN3OS/c31-25-13-11-22(12-14-25)19-34(20-29-33-28(21-36-29)30(35)32-26-15-16-26)18-17-27(23-7-3-1-4-8-23)24-9-5-2-6-10-24/h1-14,21,26-27H,15-20H2,(H,32,35). The van der Waals surface area contributed by atoms with Crippen molar-refractivity contribution in [2.45, 2.75) is 44.3 Å². The second-order valence-electron chi connectivity index (χ2n) is 9.37. The van der Waals surface area contributed by atoms with Gasteiger partial charge in [-0.1, -0.05) is 72.8 Å². The highest BCUT2D eigenvalue weighted by atomic mass is 32.1. The maximum atomic E-state index is 13.5. The highest BCUT2D eigenvalue weighted by Crippen LogP contribution is 2.29. The molecular formula is C30H30FN3OS. The molecule has 0 saturated heterocycles. The van der Waals surface area contributed by atoms with Crippen molar-refractivity contribution in [1.82, 2.24) is 15.2 Å². The number of hydrogen-bond donors (Lipinski definition) is 1. The second kappa shape index (κ2) is 11.6. The van der Waals surface area contributed by atoms with Crippen molar-refractivity contribution in [1.29, 1.82) is 0 Å². The fraction of sp³-hybridized carbons (Fsp3) is 0.267. The summed E-state index contributed by atoms with van der Waals surface area (Å²) in [4.78, 5) is 19.4. The lowest BCUT2D eigenvalue weighted by molar-refractivity contribution is 0.0946. The molecule has 1 aliphatic carbocycles. The van der Waals surface area contributed by atoms with Crippen molar-refractivity contribution in [2.75, 3.05) is 6.54 Å². The first kappa shape index (κ1) is 24.3. The van der Waals surface area contributed by atoms with E-state index in [0.29, 0.717) is 24.8 Å². The zero-order valence-electron chi connectivity index (χ0n) is 20.1. The van der Waals surface area contributed by atoms with Gasteiger partial charge in [0.25, 0.3) is 5.91 Å². The van der Waals surface area contributed by atoms with Crippen LogP contribution >= 0.6 is 11.3 Å². The number of hydrogen-bond acceptors (Lipinski definition) is 4. The molecule has 36 heavy (non-hydrogen) atoms. The van der Waals surface area contributed by atoms with E-state index >= 15 is 0 Å². The SMILES string of the molecule is O=C(NC1CC1)c1csc(CN(CCC(c2ccccc2)c2ccccc2)Cc2ccc(F)cc2)n1. The van der Waals surface area contributed by atoms with Crippen LogP contribution in [0, 0.1) is 5.82 Å². The van der Waals surface area contributed by atoms with Crippen LogP contribution in [0.3, 0.4) is 0 Å². The summed E-state index contributed by atoms with van der Waals surface area (Å²) in [5.41, 5.74) is 4.13. The molecule has 1 aliphatic rings. The Morgan fingerprint density at radius 3 is 2.19 bits per heavy atom. The number of benzene rings is 3. The summed E-state index contributed by atoms with van der Waals surface area (Å²) in [6, 6.07) is 28.2. The van der Waals surface area contributed by atoms with Crippen LogP contribution in [0.25, 0.3) is 0 Å². The average molecular weight is 500 g/mol. The topological polar surface area (TPSA) is 45.2 Å². The zero-order valence-corrected chi connectivity index (χ0v) is 21.0. The molecular weight excluding hydrogens is 469 g/mol. The van der Waals surface area contributed by atoms with Gasteiger partial charge in [-0.15, -0.1) is 11.3 Å². The molecule has 1 amide bonds. The van der Waals surface area contributed by atoms with Crippen LogP contribution in [0.1, 0.15) is 57.4 Å². The first-order valence-corrected chi connectivity index (χ1v) is 13.3. The van der Waals surface area contributed by atoms with Gasteiger partial charge in [-0.2, -0.15) is 0 Å². The highest BCUT2D eigenvalue weighted by molar-refractivity contribution is 7.09. The summed E-state index contributed by atoms with van der Waals surface area (Å²) in [6.07, 6.45) is 3.03. The molecule has 0 radical (unpaired) electrons. The number of thiazole rings is 1. The van der Waals surface area contributed by atoms with Crippen LogP contribution in [0.2, 0.25) is 0 Å². The van der Waals surface area contributed by atoms with Crippen LogP contribution in [-0.4, -0.2) is 28.4 Å². The zero-order chi connectivity index (χ0) is 24.7. The Morgan fingerprint density at radius 1 is 0.944 bits per heavy atom. The van der Waals surface area contributed by atoms with Crippen molar-refractivity contribution >= 4 is 17.2 Å². The van der Waals surface area contributed by atoms with Crippen LogP contribution in [0.4, 0.5) is 4.39 Å². The van der Waals surface area contributed by atoms with Gasteiger partial charge in [0.15, 0.2) is 0 Å². The molecule has 0 spiro atoms. The first-order valence-electron chi connectivity index (χ1n) is 12.5. The van der Waals surface area contributed by atoms with Gasteiger partial charge in [-0.05, 0) is 54.6 Å². The molecule has 184 valence electrons. The minimum atomic E-state index is -0.232. The van der Waals surface area contributed by atoms with Crippen molar-refractivity contribution in [2.24, 2.45) is 0 Å². The van der Waals surface area contributed by atoms with E-state index < -0.39 is 0 Å². The Bertz CT molecular complexity index is 1220. The molecule has 0 aliphatic heterocycles. The lowest BCUT2D eigenvalue weighted by atomic mass is 9.88. The Morgan fingerprint density at radius 2 is 1.58 bits per heavy atom. The van der Waals surface area contributed by atoms with E-state index in [1.54, 1.807) is 0 Å². The van der Waals surface area contributed by atoms with Gasteiger partial charge in [-0.3, -0.25) is 9.69 Å². The summed E-state index contributed by atoms with van der Waals surface area (Å²) in [5.74, 6) is -0.0534. The summed E-state index contributed by atoms with van der Waals surface area (Å²) >= 11 is 1.52. The van der Waals surface area contributed by atoms with Gasteiger partial charge < -0.3 is 5.32 Å². The number of carbonyl (C=O) groups excluding carboxylic acids is 1. The molecule has 1 aromatic heterocycles. The molecule has 1 fully saturated rings. The third kappa shape index (κ3) is 6.65. The number of rotatable bonds is 11. The van der Waals surface area contributed by atoms with E-state index in [1.807, 2.05) is 29.6 Å². The molecule has 3 aromatic carbocycles. The van der Waals surface area contributed by atoms with E-state index in [0.717, 1.165) is 36.4 Å². The molecule has 1 N–H and O–H groups in total. The largest absolute Gasteiger partial charge is 0.348 e. The van der Waals surface area contributed by atoms with Gasteiger partial charge in [0, 0.05) is 23.9 Å². The Hall–Kier alpha value is -3.35. The van der Waals surface area contributed by atoms with Crippen LogP contribution in [0.15, 0.2) is 90.3 Å². The van der Waals surface area contributed by atoms with E-state index in [9.17, 15) is 9.18 Å². The maximum Gasteiger partial charge on any atom is 0.270 e. The molecule has 0 unspecified atom stereocenters. The van der Waals surface area contributed by atoms with Gasteiger partial charge >= 0.3 is 0 Å². The van der Waals surface area contributed by atoms with Crippen molar-refractivity contribution < 1.29 is 9.18 Å². The first-order chi connectivity index (χ1) is 17.6. The number of aromatic nitrogens is 1. The summed E-state index contributed by atoms with van der Waals surface area (Å²) in [5, 5.41) is 5.77. The predicted molar refractivity (Wildman–Crippen MR) is 142 cm³/mol. The normalized spacial score (nSPS) is 13.3. The Balaban J connectivity index is 1.33. The minimum absolute atomic E-state index is 0.0849. The van der Waals surface area contributed by atoms with Crippen LogP contribution in [-0.2, 0) is 13.1 Å². The molecule has 4 nitrogen and oxygen atoms in total. The summed E-state index contributed by atoms with van der Waals surface area (Å²) < 4.78 is 13.5. The molecule has 0 bridgehead atoms. The summed E-state index contributed by atoms with van der Waals surface area (Å²) in [7, 11) is 0. The molecule has 4 aromatic rings. The van der Waals surface area contributed by atoms with Gasteiger partial charge in [0.2, 0.25) is 0 Å². The number of nitrogens with one attached hydrogen (secondary N) is 1. The monoisotopic (exact) mass is 499 g/mol. The van der Waals surface area contributed by atoms with Crippen LogP contribution < -0.4 is 5.32 Å². The molecule has 1 saturated carbocycles. The quantitative estimate of drug-likeness (QED) is 0.260. The van der Waals surface area contributed by atoms with Gasteiger partial charge in [0.05, 0.1) is 6.54 Å². The molecule has 6 heteroatoms. The number of halogens is 1. The third-order valence-corrected chi connectivity index (χ3v) is 7.35. The molecule has 0 atom stereocenters. The van der Waals surface area contributed by atoms with E-state index in [4.69, 9.17) is 0 Å². The van der Waals surface area contributed by atoms with E-state index in [-0.39, 0.29) is 17.6 Å². The molecule has 1 heterocycles. The fourth-order valence-electron chi connectivity index (χ4n) is 4.44. The number of carbonyl (C=O) groups is 1. The lowest BCUT2D eigenvalue weighted by Crippen LogP contribution is -2.27. The number of amides is 1.